The van der Waals surface area contributed by atoms with E-state index in [9.17, 15) is 0 Å². The zero-order valence-corrected chi connectivity index (χ0v) is 14.5. The molecule has 1 unspecified atom stereocenters. The van der Waals surface area contributed by atoms with Crippen LogP contribution in [0.25, 0.3) is 5.70 Å². The van der Waals surface area contributed by atoms with Gasteiger partial charge in [0.15, 0.2) is 0 Å². The third kappa shape index (κ3) is 3.40. The first-order valence-electron chi connectivity index (χ1n) is 7.80. The van der Waals surface area contributed by atoms with Gasteiger partial charge in [0.05, 0.1) is 11.4 Å². The van der Waals surface area contributed by atoms with Crippen molar-refractivity contribution < 1.29 is 0 Å². The second kappa shape index (κ2) is 7.84. The van der Waals surface area contributed by atoms with Gasteiger partial charge in [-0.2, -0.15) is 0 Å². The Morgan fingerprint density at radius 2 is 1.87 bits per heavy atom. The highest BCUT2D eigenvalue weighted by Crippen LogP contribution is 2.39. The Kier molecular flexibility index (Phi) is 6.40. The first-order chi connectivity index (χ1) is 10.5. The van der Waals surface area contributed by atoms with Crippen molar-refractivity contribution in [1.82, 2.24) is 11.5 Å². The van der Waals surface area contributed by atoms with Crippen LogP contribution < -0.4 is 17.2 Å². The molecular weight excluding hydrogens is 282 g/mol. The normalized spacial score (nSPS) is 24.1. The maximum absolute atomic E-state index is 6.52. The summed E-state index contributed by atoms with van der Waals surface area (Å²) in [7, 11) is 1.90. The van der Waals surface area contributed by atoms with Gasteiger partial charge in [-0.25, -0.2) is 0 Å². The lowest BCUT2D eigenvalue weighted by Crippen LogP contribution is -2.21. The van der Waals surface area contributed by atoms with Crippen LogP contribution in [0.3, 0.4) is 0 Å². The molecule has 124 valence electrons. The molecule has 0 amide bonds. The molecule has 3 nitrogen and oxygen atoms in total. The first-order valence-corrected chi connectivity index (χ1v) is 7.80. The second-order valence-electron chi connectivity index (χ2n) is 6.03. The van der Waals surface area contributed by atoms with Gasteiger partial charge in [0.25, 0.3) is 0 Å². The van der Waals surface area contributed by atoms with Crippen LogP contribution in [0.15, 0.2) is 66.4 Å². The Hall–Kier alpha value is -2.26. The monoisotopic (exact) mass is 311 g/mol. The molecule has 0 fully saturated rings. The van der Waals surface area contributed by atoms with Crippen molar-refractivity contribution >= 4 is 5.70 Å². The van der Waals surface area contributed by atoms with E-state index in [4.69, 9.17) is 5.73 Å². The van der Waals surface area contributed by atoms with E-state index in [-0.39, 0.29) is 6.15 Å². The number of allylic oxidation sites excluding steroid dienone is 3. The fourth-order valence-corrected chi connectivity index (χ4v) is 3.25. The van der Waals surface area contributed by atoms with E-state index < -0.39 is 0 Å². The molecule has 1 aromatic rings. The third-order valence-corrected chi connectivity index (χ3v) is 4.48. The van der Waals surface area contributed by atoms with E-state index in [0.717, 1.165) is 29.0 Å². The smallest absolute Gasteiger partial charge is 0.0653 e. The van der Waals surface area contributed by atoms with Crippen LogP contribution in [0.1, 0.15) is 37.3 Å². The van der Waals surface area contributed by atoms with Gasteiger partial charge in [0.1, 0.15) is 0 Å². The van der Waals surface area contributed by atoms with Crippen molar-refractivity contribution in [3.63, 3.8) is 0 Å². The van der Waals surface area contributed by atoms with Gasteiger partial charge in [-0.15, -0.1) is 0 Å². The molecular formula is C20H29N3. The Labute approximate surface area is 140 Å². The molecule has 0 aliphatic heterocycles. The summed E-state index contributed by atoms with van der Waals surface area (Å²) in [4.78, 5) is 0. The van der Waals surface area contributed by atoms with E-state index in [0.29, 0.717) is 11.8 Å². The molecule has 0 spiro atoms. The number of likely N-dealkylation sites (N-methyl/N-ethyl adjacent to an activating group) is 1. The average Bonchev–Trinajstić information content (AvgIpc) is 2.52. The van der Waals surface area contributed by atoms with E-state index in [1.165, 1.54) is 11.1 Å². The summed E-state index contributed by atoms with van der Waals surface area (Å²) >= 11 is 0. The molecule has 23 heavy (non-hydrogen) atoms. The predicted octanol–water partition coefficient (Wildman–Crippen LogP) is 4.51. The minimum absolute atomic E-state index is 0. The SMILES string of the molecule is C=C/C1=C(C=C)/C(NC)=C(/N)c2ccccc2C(C(C)C)C1.N. The Balaban J connectivity index is 0.00000264. The molecule has 6 N–H and O–H groups in total. The first kappa shape index (κ1) is 18.8. The number of nitrogens with two attached hydrogens (primary N) is 1. The number of hydrogen-bond donors (Lipinski definition) is 3. The Bertz CT molecular complexity index is 651. The quantitative estimate of drug-likeness (QED) is 0.766. The Morgan fingerprint density at radius 3 is 2.39 bits per heavy atom. The van der Waals surface area contributed by atoms with E-state index in [1.807, 2.05) is 25.3 Å². The molecule has 0 saturated heterocycles. The molecule has 0 heterocycles. The molecule has 0 radical (unpaired) electrons. The zero-order chi connectivity index (χ0) is 16.3. The molecule has 0 aromatic heterocycles. The highest BCUT2D eigenvalue weighted by molar-refractivity contribution is 5.75. The van der Waals surface area contributed by atoms with Crippen LogP contribution in [0.4, 0.5) is 0 Å². The minimum atomic E-state index is 0. The maximum atomic E-state index is 6.52. The number of hydrogen-bond acceptors (Lipinski definition) is 3. The van der Waals surface area contributed by atoms with Crippen LogP contribution in [0.5, 0.6) is 0 Å². The molecule has 1 atom stereocenters. The summed E-state index contributed by atoms with van der Waals surface area (Å²) in [6.07, 6.45) is 4.75. The lowest BCUT2D eigenvalue weighted by molar-refractivity contribution is 0.494. The summed E-state index contributed by atoms with van der Waals surface area (Å²) in [6, 6.07) is 8.44. The van der Waals surface area contributed by atoms with Gasteiger partial charge in [-0.3, -0.25) is 0 Å². The second-order valence-corrected chi connectivity index (χ2v) is 6.03. The molecule has 0 bridgehead atoms. The van der Waals surface area contributed by atoms with E-state index in [2.05, 4.69) is 50.5 Å². The summed E-state index contributed by atoms with van der Waals surface area (Å²) in [5.74, 6) is 0.933. The summed E-state index contributed by atoms with van der Waals surface area (Å²) in [5.41, 5.74) is 12.9. The van der Waals surface area contributed by atoms with E-state index >= 15 is 0 Å². The molecule has 3 heteroatoms. The molecule has 0 saturated carbocycles. The molecule has 1 aliphatic carbocycles. The Morgan fingerprint density at radius 1 is 1.22 bits per heavy atom. The van der Waals surface area contributed by atoms with Crippen LogP contribution in [0.2, 0.25) is 0 Å². The average molecular weight is 311 g/mol. The summed E-state index contributed by atoms with van der Waals surface area (Å²) in [5, 5.41) is 3.25. The van der Waals surface area contributed by atoms with Gasteiger partial charge >= 0.3 is 0 Å². The lowest BCUT2D eigenvalue weighted by atomic mass is 9.77. The van der Waals surface area contributed by atoms with Gasteiger partial charge in [-0.1, -0.05) is 63.4 Å². The standard InChI is InChI=1S/C20H26N2.H3N/c1-6-14-12-18(13(3)4)16-10-8-9-11-17(16)19(21)20(22-5)15(14)7-2;/h6-11,13,18,22H,1-2,12,21H2,3-5H3;1H3/b15-14-,20-19-;. The van der Waals surface area contributed by atoms with Crippen molar-refractivity contribution in [2.24, 2.45) is 11.7 Å². The summed E-state index contributed by atoms with van der Waals surface area (Å²) < 4.78 is 0. The maximum Gasteiger partial charge on any atom is 0.0653 e. The topological polar surface area (TPSA) is 73.0 Å². The largest absolute Gasteiger partial charge is 0.397 e. The molecule has 1 aliphatic rings. The molecule has 1 aromatic carbocycles. The van der Waals surface area contributed by atoms with Gasteiger partial charge in [0, 0.05) is 18.2 Å². The fraction of sp³-hybridized carbons (Fsp3) is 0.300. The van der Waals surface area contributed by atoms with Crippen LogP contribution in [-0.4, -0.2) is 7.05 Å². The lowest BCUT2D eigenvalue weighted by Gasteiger charge is -2.29. The number of nitrogens with one attached hydrogen (secondary N) is 1. The predicted molar refractivity (Wildman–Crippen MR) is 101 cm³/mol. The van der Waals surface area contributed by atoms with Crippen LogP contribution in [0, 0.1) is 5.92 Å². The van der Waals surface area contributed by atoms with Crippen molar-refractivity contribution in [2.45, 2.75) is 26.2 Å². The zero-order valence-electron chi connectivity index (χ0n) is 14.5. The highest BCUT2D eigenvalue weighted by atomic mass is 14.9. The van der Waals surface area contributed by atoms with Gasteiger partial charge in [-0.05, 0) is 29.4 Å². The minimum Gasteiger partial charge on any atom is -0.397 e. The number of fused-ring (bicyclic) bond motifs is 1. The van der Waals surface area contributed by atoms with Crippen LogP contribution >= 0.6 is 0 Å². The van der Waals surface area contributed by atoms with Crippen molar-refractivity contribution in [3.8, 4) is 0 Å². The fourth-order valence-electron chi connectivity index (χ4n) is 3.25. The number of rotatable bonds is 4. The number of benzene rings is 1. The van der Waals surface area contributed by atoms with Crippen molar-refractivity contribution in [2.75, 3.05) is 7.05 Å². The van der Waals surface area contributed by atoms with Gasteiger partial charge < -0.3 is 17.2 Å². The van der Waals surface area contributed by atoms with Crippen molar-refractivity contribution in [3.05, 3.63) is 77.5 Å². The molecule has 2 rings (SSSR count). The third-order valence-electron chi connectivity index (χ3n) is 4.48. The van der Waals surface area contributed by atoms with Crippen molar-refractivity contribution in [1.29, 1.82) is 0 Å². The summed E-state index contributed by atoms with van der Waals surface area (Å²) in [6.45, 7) is 12.5. The van der Waals surface area contributed by atoms with Crippen LogP contribution in [-0.2, 0) is 0 Å². The van der Waals surface area contributed by atoms with Gasteiger partial charge in [0.2, 0.25) is 0 Å². The highest BCUT2D eigenvalue weighted by Gasteiger charge is 2.25. The van der Waals surface area contributed by atoms with E-state index in [1.54, 1.807) is 0 Å².